The summed E-state index contributed by atoms with van der Waals surface area (Å²) in [4.78, 5) is 25.7. The highest BCUT2D eigenvalue weighted by molar-refractivity contribution is 9.11. The summed E-state index contributed by atoms with van der Waals surface area (Å²) in [5.74, 6) is -1.19. The molecule has 3 N–H and O–H groups in total. The van der Waals surface area contributed by atoms with Gasteiger partial charge in [-0.1, -0.05) is 0 Å². The number of aliphatic carboxylic acids is 1. The number of nitrogens with zero attached hydrogens (tertiary/aromatic N) is 1. The molecule has 6 aromatic rings. The van der Waals surface area contributed by atoms with Crippen molar-refractivity contribution in [3.63, 3.8) is 0 Å². The number of halogens is 1. The first kappa shape index (κ1) is 28.4. The van der Waals surface area contributed by atoms with Crippen molar-refractivity contribution in [2.75, 3.05) is 24.7 Å². The molecule has 0 spiro atoms. The van der Waals surface area contributed by atoms with Crippen LogP contribution in [0.25, 0.3) is 39.1 Å². The van der Waals surface area contributed by atoms with Gasteiger partial charge < -0.3 is 15.7 Å². The molecule has 6 nitrogen and oxygen atoms in total. The zero-order valence-electron chi connectivity index (χ0n) is 19.7. The van der Waals surface area contributed by atoms with Gasteiger partial charge in [-0.2, -0.15) is 0 Å². The van der Waals surface area contributed by atoms with Crippen LogP contribution in [-0.2, 0) is 4.79 Å². The van der Waals surface area contributed by atoms with E-state index in [-0.39, 0.29) is 5.70 Å². The normalized spacial score (nSPS) is 10.9. The molecule has 0 radical (unpaired) electrons. The summed E-state index contributed by atoms with van der Waals surface area (Å²) in [7, 11) is 3.76. The number of nitrogens with one attached hydrogen (secondary N) is 2. The Hall–Kier alpha value is -2.57. The minimum absolute atomic E-state index is 0.257. The third-order valence-corrected chi connectivity index (χ3v) is 11.9. The molecule has 0 bridgehead atoms. The number of thiophene rings is 6. The van der Waals surface area contributed by atoms with Crippen molar-refractivity contribution in [1.82, 2.24) is 0 Å². The van der Waals surface area contributed by atoms with E-state index in [0.717, 1.165) is 35.4 Å². The molecule has 0 atom stereocenters. The standard InChI is InChI=1S/C11H8N2O2S2.C8H7NOS2.C6H3BrS2/c1-12-7(11(14)15)3-6-4-8-9(16-6)5-10(13-2)17-8;1-9-8-3-7-6(12-8)2-5(4-10)11-7;7-6-3-5-4(9-6)1-2-8-5/h3-5,13H,2H3,(H,14,15);2-4,9H,1H3;1-3H/b7-3-;;. The molecule has 0 saturated carbocycles. The second-order valence-corrected chi connectivity index (χ2v) is 15.0. The average molecular weight is 681 g/mol. The van der Waals surface area contributed by atoms with Crippen LogP contribution in [0.15, 0.2) is 51.3 Å². The highest BCUT2D eigenvalue weighted by Gasteiger charge is 2.10. The Balaban J connectivity index is 0.000000140. The van der Waals surface area contributed by atoms with E-state index >= 15 is 0 Å². The monoisotopic (exact) mass is 679 g/mol. The lowest BCUT2D eigenvalue weighted by Gasteiger charge is -1.89. The number of hydrogen-bond acceptors (Lipinski definition) is 10. The fourth-order valence-electron chi connectivity index (χ4n) is 3.10. The summed E-state index contributed by atoms with van der Waals surface area (Å²) in [6, 6.07) is 12.2. The molecule has 0 unspecified atom stereocenters. The van der Waals surface area contributed by atoms with Crippen molar-refractivity contribution in [1.29, 1.82) is 0 Å². The van der Waals surface area contributed by atoms with Gasteiger partial charge in [0.1, 0.15) is 0 Å². The minimum atomic E-state index is -1.19. The number of carboxylic acids is 1. The van der Waals surface area contributed by atoms with Gasteiger partial charge in [-0.05, 0) is 63.8 Å². The molecule has 0 aromatic carbocycles. The lowest BCUT2D eigenvalue weighted by atomic mass is 10.3. The van der Waals surface area contributed by atoms with Gasteiger partial charge in [-0.25, -0.2) is 4.85 Å². The maximum atomic E-state index is 10.7. The molecule has 13 heteroatoms. The molecule has 0 saturated heterocycles. The first-order valence-corrected chi connectivity index (χ1v) is 16.4. The average Bonchev–Trinajstić information content (AvgIpc) is 3.70. The molecule has 0 fully saturated rings. The van der Waals surface area contributed by atoms with Crippen molar-refractivity contribution in [3.05, 3.63) is 72.4 Å². The van der Waals surface area contributed by atoms with Gasteiger partial charge >= 0.3 is 5.97 Å². The number of rotatable bonds is 5. The van der Waals surface area contributed by atoms with E-state index in [1.54, 1.807) is 45.3 Å². The van der Waals surface area contributed by atoms with Crippen LogP contribution in [0.1, 0.15) is 14.5 Å². The Morgan fingerprint density at radius 1 is 0.868 bits per heavy atom. The highest BCUT2D eigenvalue weighted by atomic mass is 79.9. The first-order valence-electron chi connectivity index (χ1n) is 10.7. The Kier molecular flexibility index (Phi) is 9.72. The van der Waals surface area contributed by atoms with E-state index in [2.05, 4.69) is 55.0 Å². The molecule has 6 rings (SSSR count). The van der Waals surface area contributed by atoms with Gasteiger partial charge in [0.15, 0.2) is 6.29 Å². The van der Waals surface area contributed by atoms with Crippen LogP contribution in [0.4, 0.5) is 10.0 Å². The summed E-state index contributed by atoms with van der Waals surface area (Å²) in [6.07, 6.45) is 2.31. The number of carboxylic acid groups (broad SMARTS) is 1. The van der Waals surface area contributed by atoms with Gasteiger partial charge in [0.05, 0.1) is 25.2 Å². The molecule has 0 aliphatic heterocycles. The van der Waals surface area contributed by atoms with Crippen LogP contribution in [-0.4, -0.2) is 31.5 Å². The number of hydrogen-bond donors (Lipinski definition) is 3. The van der Waals surface area contributed by atoms with Gasteiger partial charge in [0, 0.05) is 47.2 Å². The second-order valence-electron chi connectivity index (χ2n) is 7.24. The third kappa shape index (κ3) is 6.89. The fourth-order valence-corrected chi connectivity index (χ4v) is 10.1. The molecule has 38 heavy (non-hydrogen) atoms. The predicted molar refractivity (Wildman–Crippen MR) is 174 cm³/mol. The lowest BCUT2D eigenvalue weighted by Crippen LogP contribution is -1.94. The van der Waals surface area contributed by atoms with Crippen molar-refractivity contribution in [2.45, 2.75) is 0 Å². The molecule has 0 aliphatic carbocycles. The first-order chi connectivity index (χ1) is 18.3. The van der Waals surface area contributed by atoms with E-state index in [4.69, 9.17) is 11.7 Å². The fraction of sp³-hybridized carbons (Fsp3) is 0.0800. The van der Waals surface area contributed by atoms with Crippen LogP contribution in [0, 0.1) is 6.57 Å². The van der Waals surface area contributed by atoms with Crippen molar-refractivity contribution < 1.29 is 14.7 Å². The molecule has 194 valence electrons. The number of carbonyl (C=O) groups is 2. The summed E-state index contributed by atoms with van der Waals surface area (Å²) in [5.41, 5.74) is -0.257. The van der Waals surface area contributed by atoms with Crippen LogP contribution < -0.4 is 10.6 Å². The largest absolute Gasteiger partial charge is 0.486 e. The minimum Gasteiger partial charge on any atom is -0.486 e. The van der Waals surface area contributed by atoms with Crippen molar-refractivity contribution >= 4 is 140 Å². The van der Waals surface area contributed by atoms with Gasteiger partial charge in [-0.15, -0.1) is 68.0 Å². The van der Waals surface area contributed by atoms with Crippen LogP contribution in [0.5, 0.6) is 0 Å². The zero-order valence-corrected chi connectivity index (χ0v) is 26.2. The Labute approximate surface area is 250 Å². The maximum Gasteiger partial charge on any atom is 0.333 e. The topological polar surface area (TPSA) is 82.8 Å². The van der Waals surface area contributed by atoms with Gasteiger partial charge in [0.2, 0.25) is 0 Å². The smallest absolute Gasteiger partial charge is 0.333 e. The number of aldehydes is 1. The molecule has 0 amide bonds. The molecule has 6 heterocycles. The van der Waals surface area contributed by atoms with E-state index in [1.165, 1.54) is 51.3 Å². The highest BCUT2D eigenvalue weighted by Crippen LogP contribution is 2.37. The SMILES string of the molecule is Brc1cc2sccc2s1.CNc1cc2sc(C=O)cc2s1.[C-]#[N+]/C(=C\c1cc2sc(NC)cc2s1)C(=O)O. The Morgan fingerprint density at radius 3 is 1.95 bits per heavy atom. The van der Waals surface area contributed by atoms with E-state index in [1.807, 2.05) is 32.3 Å². The van der Waals surface area contributed by atoms with Crippen molar-refractivity contribution in [2.24, 2.45) is 0 Å². The molecule has 0 aliphatic rings. The second kappa shape index (κ2) is 13.0. The summed E-state index contributed by atoms with van der Waals surface area (Å²) in [5, 5.41) is 19.2. The summed E-state index contributed by atoms with van der Waals surface area (Å²) >= 11 is 13.3. The Bertz CT molecular complexity index is 1700. The van der Waals surface area contributed by atoms with E-state index < -0.39 is 5.97 Å². The summed E-state index contributed by atoms with van der Waals surface area (Å²) < 4.78 is 8.56. The van der Waals surface area contributed by atoms with Gasteiger partial charge in [-0.3, -0.25) is 9.59 Å². The van der Waals surface area contributed by atoms with Gasteiger partial charge in [0.25, 0.3) is 5.70 Å². The lowest BCUT2D eigenvalue weighted by molar-refractivity contribution is -0.132. The number of fused-ring (bicyclic) bond motifs is 3. The quantitative estimate of drug-likeness (QED) is 0.0960. The van der Waals surface area contributed by atoms with E-state index in [0.29, 0.717) is 0 Å². The zero-order chi connectivity index (χ0) is 27.2. The number of anilines is 2. The summed E-state index contributed by atoms with van der Waals surface area (Å²) in [6.45, 7) is 6.77. The van der Waals surface area contributed by atoms with Crippen LogP contribution in [0.2, 0.25) is 0 Å². The Morgan fingerprint density at radius 2 is 1.45 bits per heavy atom. The number of carbonyl (C=O) groups excluding carboxylic acids is 1. The van der Waals surface area contributed by atoms with Crippen molar-refractivity contribution in [3.8, 4) is 0 Å². The van der Waals surface area contributed by atoms with E-state index in [9.17, 15) is 9.59 Å². The molecular formula is C25H18BrN3O3S6. The predicted octanol–water partition coefficient (Wildman–Crippen LogP) is 9.89. The maximum absolute atomic E-state index is 10.7. The van der Waals surface area contributed by atoms with Crippen LogP contribution in [0.3, 0.4) is 0 Å². The third-order valence-electron chi connectivity index (χ3n) is 4.79. The molecular weight excluding hydrogens is 663 g/mol. The molecule has 6 aromatic heterocycles. The van der Waals surface area contributed by atoms with Crippen LogP contribution >= 0.6 is 84.0 Å².